The molecule has 1 fully saturated rings. The van der Waals surface area contributed by atoms with Crippen molar-refractivity contribution in [2.75, 3.05) is 45.2 Å². The molecule has 0 bridgehead atoms. The lowest BCUT2D eigenvalue weighted by Gasteiger charge is -2.26. The van der Waals surface area contributed by atoms with Crippen LogP contribution in [-0.2, 0) is 10.0 Å². The van der Waals surface area contributed by atoms with Crippen LogP contribution in [0.25, 0.3) is 0 Å². The van der Waals surface area contributed by atoms with Crippen molar-refractivity contribution < 1.29 is 8.42 Å². The van der Waals surface area contributed by atoms with E-state index in [9.17, 15) is 8.42 Å². The van der Waals surface area contributed by atoms with Gasteiger partial charge in [-0.25, -0.2) is 8.42 Å². The zero-order valence-corrected chi connectivity index (χ0v) is 15.8. The molecule has 1 N–H and O–H groups in total. The van der Waals surface area contributed by atoms with Crippen LogP contribution < -0.4 is 10.2 Å². The molecular weight excluding hydrogens is 350 g/mol. The maximum Gasteiger partial charge on any atom is 0.243 e. The number of sulfonamides is 1. The van der Waals surface area contributed by atoms with Gasteiger partial charge < -0.3 is 10.2 Å². The highest BCUT2D eigenvalue weighted by molar-refractivity contribution is 7.89. The van der Waals surface area contributed by atoms with Crippen LogP contribution in [0.2, 0.25) is 0 Å². The van der Waals surface area contributed by atoms with Gasteiger partial charge in [-0.15, -0.1) is 0 Å². The molecule has 138 valence electrons. The fraction of sp³-hybridized carbons (Fsp3) is 0.333. The molecule has 0 spiro atoms. The standard InChI is InChI=1S/C18H23N5O2S/c1-22(2)17-7-3-15(4-8-17)20-21-16-5-9-18(10-6-16)26(24,25)23-13-11-19-12-14-23/h3-10,19H,11-14H2,1-2H3. The molecule has 1 aliphatic rings. The Morgan fingerprint density at radius 3 is 1.88 bits per heavy atom. The van der Waals surface area contributed by atoms with E-state index in [0.29, 0.717) is 31.9 Å². The first-order valence-corrected chi connectivity index (χ1v) is 9.91. The van der Waals surface area contributed by atoms with E-state index in [4.69, 9.17) is 0 Å². The molecule has 0 unspecified atom stereocenters. The van der Waals surface area contributed by atoms with E-state index < -0.39 is 10.0 Å². The summed E-state index contributed by atoms with van der Waals surface area (Å²) in [4.78, 5) is 2.30. The van der Waals surface area contributed by atoms with Crippen LogP contribution in [-0.4, -0.2) is 53.0 Å². The van der Waals surface area contributed by atoms with Crippen molar-refractivity contribution in [2.45, 2.75) is 4.90 Å². The van der Waals surface area contributed by atoms with Crippen molar-refractivity contribution in [1.82, 2.24) is 9.62 Å². The van der Waals surface area contributed by atoms with Crippen LogP contribution in [0.4, 0.5) is 17.1 Å². The molecule has 0 aromatic heterocycles. The predicted molar refractivity (Wildman–Crippen MR) is 103 cm³/mol. The summed E-state index contributed by atoms with van der Waals surface area (Å²) in [7, 11) is 0.515. The van der Waals surface area contributed by atoms with Crippen LogP contribution >= 0.6 is 0 Å². The predicted octanol–water partition coefficient (Wildman–Crippen LogP) is 2.76. The first-order valence-electron chi connectivity index (χ1n) is 8.47. The van der Waals surface area contributed by atoms with Crippen molar-refractivity contribution in [2.24, 2.45) is 10.2 Å². The second-order valence-corrected chi connectivity index (χ2v) is 8.20. The number of anilines is 1. The Balaban J connectivity index is 1.71. The van der Waals surface area contributed by atoms with Gasteiger partial charge in [-0.2, -0.15) is 14.5 Å². The van der Waals surface area contributed by atoms with E-state index in [2.05, 4.69) is 15.5 Å². The highest BCUT2D eigenvalue weighted by Gasteiger charge is 2.25. The molecule has 0 aliphatic carbocycles. The minimum atomic E-state index is -3.44. The minimum Gasteiger partial charge on any atom is -0.378 e. The second-order valence-electron chi connectivity index (χ2n) is 6.26. The Hall–Kier alpha value is -2.29. The van der Waals surface area contributed by atoms with Gasteiger partial charge in [-0.3, -0.25) is 0 Å². The lowest BCUT2D eigenvalue weighted by atomic mass is 10.3. The molecule has 0 amide bonds. The van der Waals surface area contributed by atoms with Gasteiger partial charge in [0.05, 0.1) is 16.3 Å². The number of piperazine rings is 1. The number of nitrogens with zero attached hydrogens (tertiary/aromatic N) is 4. The molecule has 0 saturated carbocycles. The Bertz CT molecular complexity index is 855. The van der Waals surface area contributed by atoms with Crippen molar-refractivity contribution >= 4 is 27.1 Å². The van der Waals surface area contributed by atoms with Crippen molar-refractivity contribution in [3.05, 3.63) is 48.5 Å². The number of nitrogens with one attached hydrogen (secondary N) is 1. The largest absolute Gasteiger partial charge is 0.378 e. The summed E-state index contributed by atoms with van der Waals surface area (Å²) >= 11 is 0. The average molecular weight is 373 g/mol. The van der Waals surface area contributed by atoms with Crippen molar-refractivity contribution in [1.29, 1.82) is 0 Å². The summed E-state index contributed by atoms with van der Waals surface area (Å²) < 4.78 is 26.7. The van der Waals surface area contributed by atoms with Crippen molar-refractivity contribution in [3.8, 4) is 0 Å². The zero-order valence-electron chi connectivity index (χ0n) is 15.0. The highest BCUT2D eigenvalue weighted by Crippen LogP contribution is 2.23. The van der Waals surface area contributed by atoms with E-state index in [0.717, 1.165) is 11.4 Å². The summed E-state index contributed by atoms with van der Waals surface area (Å²) in [6.45, 7) is 2.34. The number of hydrogen-bond donors (Lipinski definition) is 1. The molecule has 2 aromatic rings. The topological polar surface area (TPSA) is 77.4 Å². The third-order valence-corrected chi connectivity index (χ3v) is 6.11. The van der Waals surface area contributed by atoms with E-state index in [1.807, 2.05) is 43.3 Å². The van der Waals surface area contributed by atoms with Crippen LogP contribution in [0.1, 0.15) is 0 Å². The van der Waals surface area contributed by atoms with E-state index in [1.165, 1.54) is 4.31 Å². The summed E-state index contributed by atoms with van der Waals surface area (Å²) in [5.41, 5.74) is 2.44. The number of azo groups is 1. The molecular formula is C18H23N5O2S. The summed E-state index contributed by atoms with van der Waals surface area (Å²) in [5.74, 6) is 0. The van der Waals surface area contributed by atoms with Gasteiger partial charge in [0.15, 0.2) is 0 Å². The number of benzene rings is 2. The van der Waals surface area contributed by atoms with Crippen LogP contribution in [0, 0.1) is 0 Å². The molecule has 0 atom stereocenters. The SMILES string of the molecule is CN(C)c1ccc(N=Nc2ccc(S(=O)(=O)N3CCNCC3)cc2)cc1. The van der Waals surface area contributed by atoms with Gasteiger partial charge in [0.1, 0.15) is 0 Å². The monoisotopic (exact) mass is 373 g/mol. The molecule has 8 heteroatoms. The number of hydrogen-bond acceptors (Lipinski definition) is 6. The van der Waals surface area contributed by atoms with Crippen LogP contribution in [0.3, 0.4) is 0 Å². The Kier molecular flexibility index (Phi) is 5.65. The molecule has 3 rings (SSSR count). The van der Waals surface area contributed by atoms with Gasteiger partial charge in [0.25, 0.3) is 0 Å². The van der Waals surface area contributed by atoms with E-state index in [-0.39, 0.29) is 4.90 Å². The minimum absolute atomic E-state index is 0.286. The Morgan fingerprint density at radius 2 is 1.38 bits per heavy atom. The quantitative estimate of drug-likeness (QED) is 0.818. The van der Waals surface area contributed by atoms with Crippen LogP contribution in [0.15, 0.2) is 63.7 Å². The fourth-order valence-corrected chi connectivity index (χ4v) is 4.09. The molecule has 2 aromatic carbocycles. The molecule has 1 saturated heterocycles. The van der Waals surface area contributed by atoms with Crippen molar-refractivity contribution in [3.63, 3.8) is 0 Å². The Labute approximate surface area is 154 Å². The lowest BCUT2D eigenvalue weighted by molar-refractivity contribution is 0.360. The molecule has 26 heavy (non-hydrogen) atoms. The maximum atomic E-state index is 12.6. The van der Waals surface area contributed by atoms with Gasteiger partial charge in [-0.1, -0.05) is 0 Å². The van der Waals surface area contributed by atoms with Gasteiger partial charge in [-0.05, 0) is 48.5 Å². The summed E-state index contributed by atoms with van der Waals surface area (Å²) in [6, 6.07) is 14.2. The fourth-order valence-electron chi connectivity index (χ4n) is 2.65. The first-order chi connectivity index (χ1) is 12.5. The van der Waals surface area contributed by atoms with Gasteiger partial charge >= 0.3 is 0 Å². The summed E-state index contributed by atoms with van der Waals surface area (Å²) in [5, 5.41) is 11.5. The third-order valence-electron chi connectivity index (χ3n) is 4.20. The summed E-state index contributed by atoms with van der Waals surface area (Å²) in [6.07, 6.45) is 0. The number of rotatable bonds is 5. The maximum absolute atomic E-state index is 12.6. The molecule has 0 radical (unpaired) electrons. The normalized spacial score (nSPS) is 16.1. The van der Waals surface area contributed by atoms with Gasteiger partial charge in [0, 0.05) is 46.0 Å². The smallest absolute Gasteiger partial charge is 0.243 e. The van der Waals surface area contributed by atoms with Gasteiger partial charge in [0.2, 0.25) is 10.0 Å². The molecule has 7 nitrogen and oxygen atoms in total. The average Bonchev–Trinajstić information content (AvgIpc) is 2.67. The van der Waals surface area contributed by atoms with Crippen LogP contribution in [0.5, 0.6) is 0 Å². The third kappa shape index (κ3) is 4.27. The highest BCUT2D eigenvalue weighted by atomic mass is 32.2. The van der Waals surface area contributed by atoms with E-state index in [1.54, 1.807) is 24.3 Å². The molecule has 1 aliphatic heterocycles. The van der Waals surface area contributed by atoms with E-state index >= 15 is 0 Å². The molecule has 1 heterocycles. The lowest BCUT2D eigenvalue weighted by Crippen LogP contribution is -2.46. The zero-order chi connectivity index (χ0) is 18.6. The first kappa shape index (κ1) is 18.5. The second kappa shape index (κ2) is 7.94. The Morgan fingerprint density at radius 1 is 0.885 bits per heavy atom.